The van der Waals surface area contributed by atoms with Crippen LogP contribution in [0.2, 0.25) is 0 Å². The van der Waals surface area contributed by atoms with Gasteiger partial charge in [0.1, 0.15) is 17.4 Å². The zero-order valence-corrected chi connectivity index (χ0v) is 15.2. The van der Waals surface area contributed by atoms with Crippen molar-refractivity contribution in [1.82, 2.24) is 10.2 Å². The molecule has 0 aliphatic heterocycles. The minimum Gasteiger partial charge on any atom is -0.497 e. The molecule has 2 amide bonds. The summed E-state index contributed by atoms with van der Waals surface area (Å²) in [6.45, 7) is 3.92. The number of ether oxygens (including phenoxy) is 2. The van der Waals surface area contributed by atoms with Gasteiger partial charge in [-0.1, -0.05) is 12.1 Å². The molecule has 0 aliphatic rings. The van der Waals surface area contributed by atoms with Crippen LogP contribution in [-0.4, -0.2) is 43.7 Å². The lowest BCUT2D eigenvalue weighted by Gasteiger charge is -2.18. The highest BCUT2D eigenvalue weighted by molar-refractivity contribution is 5.97. The van der Waals surface area contributed by atoms with E-state index in [2.05, 4.69) is 5.32 Å². The summed E-state index contributed by atoms with van der Waals surface area (Å²) in [4.78, 5) is 25.3. The molecule has 26 heavy (non-hydrogen) atoms. The van der Waals surface area contributed by atoms with Crippen molar-refractivity contribution in [3.05, 3.63) is 41.6 Å². The average molecular weight is 360 g/mol. The first-order valence-corrected chi connectivity index (χ1v) is 8.17. The Morgan fingerprint density at radius 3 is 2.54 bits per heavy atom. The Balaban J connectivity index is 2.88. The Labute approximate surface area is 153 Å². The van der Waals surface area contributed by atoms with E-state index in [0.29, 0.717) is 5.75 Å². The SMILES string of the molecule is CCOC(=O)N(/C=C(/C#N)C(=O)NC(C)c1ccc(OC)cc1)CCN. The van der Waals surface area contributed by atoms with Crippen molar-refractivity contribution in [2.75, 3.05) is 26.8 Å². The molecule has 8 nitrogen and oxygen atoms in total. The van der Waals surface area contributed by atoms with Crippen molar-refractivity contribution in [1.29, 1.82) is 5.26 Å². The molecule has 140 valence electrons. The number of amides is 2. The number of nitriles is 1. The van der Waals surface area contributed by atoms with Gasteiger partial charge in [0, 0.05) is 19.3 Å². The zero-order chi connectivity index (χ0) is 19.5. The number of carbonyl (C=O) groups is 2. The molecule has 0 bridgehead atoms. The third kappa shape index (κ3) is 6.11. The van der Waals surface area contributed by atoms with Gasteiger partial charge in [-0.15, -0.1) is 0 Å². The summed E-state index contributed by atoms with van der Waals surface area (Å²) in [7, 11) is 1.57. The summed E-state index contributed by atoms with van der Waals surface area (Å²) in [6, 6.07) is 8.66. The molecular weight excluding hydrogens is 336 g/mol. The van der Waals surface area contributed by atoms with Crippen LogP contribution in [-0.2, 0) is 9.53 Å². The molecule has 1 aromatic rings. The van der Waals surface area contributed by atoms with E-state index in [-0.39, 0.29) is 31.3 Å². The number of hydrogen-bond acceptors (Lipinski definition) is 6. The molecule has 0 saturated heterocycles. The number of methoxy groups -OCH3 is 1. The van der Waals surface area contributed by atoms with Crippen LogP contribution in [0.5, 0.6) is 5.75 Å². The van der Waals surface area contributed by atoms with Crippen LogP contribution in [0.4, 0.5) is 4.79 Å². The molecule has 1 rings (SSSR count). The maximum Gasteiger partial charge on any atom is 0.413 e. The van der Waals surface area contributed by atoms with Gasteiger partial charge in [-0.25, -0.2) is 4.79 Å². The van der Waals surface area contributed by atoms with Crippen LogP contribution in [0, 0.1) is 11.3 Å². The van der Waals surface area contributed by atoms with E-state index in [1.807, 2.05) is 12.1 Å². The normalized spacial score (nSPS) is 11.9. The summed E-state index contributed by atoms with van der Waals surface area (Å²) in [5, 5.41) is 12.0. The highest BCUT2D eigenvalue weighted by Gasteiger charge is 2.18. The van der Waals surface area contributed by atoms with E-state index >= 15 is 0 Å². The highest BCUT2D eigenvalue weighted by Crippen LogP contribution is 2.17. The van der Waals surface area contributed by atoms with E-state index in [4.69, 9.17) is 15.2 Å². The fourth-order valence-electron chi connectivity index (χ4n) is 2.10. The van der Waals surface area contributed by atoms with Gasteiger partial charge < -0.3 is 20.5 Å². The standard InChI is InChI=1S/C18H24N4O4/c1-4-26-18(24)22(10-9-19)12-15(11-20)17(23)21-13(2)14-5-7-16(25-3)8-6-14/h5-8,12-13H,4,9-10,19H2,1-3H3,(H,21,23)/b15-12-. The van der Waals surface area contributed by atoms with Crippen LogP contribution in [0.15, 0.2) is 36.0 Å². The number of nitrogens with two attached hydrogens (primary N) is 1. The highest BCUT2D eigenvalue weighted by atomic mass is 16.6. The fourth-order valence-corrected chi connectivity index (χ4v) is 2.10. The first-order valence-electron chi connectivity index (χ1n) is 8.17. The molecule has 0 saturated carbocycles. The van der Waals surface area contributed by atoms with Gasteiger partial charge in [-0.2, -0.15) is 5.26 Å². The van der Waals surface area contributed by atoms with Crippen LogP contribution in [0.25, 0.3) is 0 Å². The second-order valence-electron chi connectivity index (χ2n) is 5.30. The van der Waals surface area contributed by atoms with Crippen molar-refractivity contribution in [2.24, 2.45) is 5.73 Å². The van der Waals surface area contributed by atoms with E-state index in [1.54, 1.807) is 39.2 Å². The number of nitrogens with zero attached hydrogens (tertiary/aromatic N) is 2. The minimum absolute atomic E-state index is 0.130. The minimum atomic E-state index is -0.665. The Morgan fingerprint density at radius 2 is 2.04 bits per heavy atom. The smallest absolute Gasteiger partial charge is 0.413 e. The Hall–Kier alpha value is -3.05. The van der Waals surface area contributed by atoms with Crippen molar-refractivity contribution in [2.45, 2.75) is 19.9 Å². The van der Waals surface area contributed by atoms with Crippen molar-refractivity contribution in [3.8, 4) is 11.8 Å². The summed E-state index contributed by atoms with van der Waals surface area (Å²) in [6.07, 6.45) is 0.489. The molecule has 3 N–H and O–H groups in total. The topological polar surface area (TPSA) is 118 Å². The molecule has 1 unspecified atom stereocenters. The van der Waals surface area contributed by atoms with E-state index < -0.39 is 12.0 Å². The van der Waals surface area contributed by atoms with E-state index in [9.17, 15) is 14.9 Å². The third-order valence-electron chi connectivity index (χ3n) is 3.49. The molecule has 0 spiro atoms. The van der Waals surface area contributed by atoms with Crippen LogP contribution < -0.4 is 15.8 Å². The number of benzene rings is 1. The monoisotopic (exact) mass is 360 g/mol. The summed E-state index contributed by atoms with van der Waals surface area (Å²) in [5.74, 6) is 0.110. The van der Waals surface area contributed by atoms with Gasteiger partial charge in [0.15, 0.2) is 0 Å². The zero-order valence-electron chi connectivity index (χ0n) is 15.2. The lowest BCUT2D eigenvalue weighted by atomic mass is 10.1. The molecular formula is C18H24N4O4. The number of nitrogens with one attached hydrogen (secondary N) is 1. The van der Waals surface area contributed by atoms with Crippen LogP contribution in [0.3, 0.4) is 0 Å². The van der Waals surface area contributed by atoms with Gasteiger partial charge in [0.05, 0.1) is 19.8 Å². The average Bonchev–Trinajstić information content (AvgIpc) is 2.65. The molecule has 1 aromatic carbocycles. The van der Waals surface area contributed by atoms with Crippen LogP contribution >= 0.6 is 0 Å². The lowest BCUT2D eigenvalue weighted by Crippen LogP contribution is -2.34. The van der Waals surface area contributed by atoms with Gasteiger partial charge in [-0.3, -0.25) is 9.69 Å². The van der Waals surface area contributed by atoms with Crippen LogP contribution in [0.1, 0.15) is 25.5 Å². The first-order chi connectivity index (χ1) is 12.5. The molecule has 8 heteroatoms. The molecule has 1 atom stereocenters. The number of carbonyl (C=O) groups excluding carboxylic acids is 2. The van der Waals surface area contributed by atoms with Gasteiger partial charge in [0.2, 0.25) is 0 Å². The Kier molecular flexibility index (Phi) is 8.67. The predicted molar refractivity (Wildman–Crippen MR) is 96.0 cm³/mol. The molecule has 0 fully saturated rings. The predicted octanol–water partition coefficient (Wildman–Crippen LogP) is 1.70. The summed E-state index contributed by atoms with van der Waals surface area (Å²) >= 11 is 0. The first kappa shape index (κ1) is 21.0. The molecule has 0 aliphatic carbocycles. The van der Waals surface area contributed by atoms with Crippen molar-refractivity contribution >= 4 is 12.0 Å². The van der Waals surface area contributed by atoms with E-state index in [0.717, 1.165) is 16.7 Å². The maximum absolute atomic E-state index is 12.4. The number of hydrogen-bond donors (Lipinski definition) is 2. The summed E-state index contributed by atoms with van der Waals surface area (Å²) < 4.78 is 9.98. The fraction of sp³-hybridized carbons (Fsp3) is 0.389. The van der Waals surface area contributed by atoms with Gasteiger partial charge >= 0.3 is 6.09 Å². The second-order valence-corrected chi connectivity index (χ2v) is 5.30. The lowest BCUT2D eigenvalue weighted by molar-refractivity contribution is -0.117. The van der Waals surface area contributed by atoms with E-state index in [1.165, 1.54) is 0 Å². The molecule has 0 radical (unpaired) electrons. The largest absolute Gasteiger partial charge is 0.497 e. The van der Waals surface area contributed by atoms with Gasteiger partial charge in [0.25, 0.3) is 5.91 Å². The molecule has 0 aromatic heterocycles. The molecule has 0 heterocycles. The maximum atomic E-state index is 12.4. The summed E-state index contributed by atoms with van der Waals surface area (Å²) in [5.41, 5.74) is 6.10. The third-order valence-corrected chi connectivity index (χ3v) is 3.49. The van der Waals surface area contributed by atoms with Gasteiger partial charge in [-0.05, 0) is 31.5 Å². The Bertz CT molecular complexity index is 679. The van der Waals surface area contributed by atoms with Crippen molar-refractivity contribution < 1.29 is 19.1 Å². The quantitative estimate of drug-likeness (QED) is 0.538. The Morgan fingerprint density at radius 1 is 1.38 bits per heavy atom. The number of rotatable bonds is 8. The second kappa shape index (κ2) is 10.7. The van der Waals surface area contributed by atoms with Crippen molar-refractivity contribution in [3.63, 3.8) is 0 Å².